The maximum atomic E-state index is 13.4. The largest absolute Gasteiger partial charge is 1.00 e. The van der Waals surface area contributed by atoms with E-state index >= 15 is 0 Å². The first kappa shape index (κ1) is 65.7. The van der Waals surface area contributed by atoms with Crippen LogP contribution >= 0.6 is 45.2 Å². The Hall–Kier alpha value is -1.54. The van der Waals surface area contributed by atoms with E-state index in [1.807, 2.05) is 135 Å². The van der Waals surface area contributed by atoms with Crippen LogP contribution < -0.4 is 64.4 Å². The summed E-state index contributed by atoms with van der Waals surface area (Å²) in [4.78, 5) is 36.7. The van der Waals surface area contributed by atoms with E-state index in [0.717, 1.165) is 68.1 Å². The fourth-order valence-corrected chi connectivity index (χ4v) is 11.0. The second kappa shape index (κ2) is 34.4. The van der Waals surface area contributed by atoms with Gasteiger partial charge < -0.3 is 40.7 Å². The molecular formula is C54H70I2N2Na2O12S. The number of halogens is 2. The van der Waals surface area contributed by atoms with E-state index in [-0.39, 0.29) is 123 Å². The summed E-state index contributed by atoms with van der Waals surface area (Å²) in [6, 6.07) is 39.6. The van der Waals surface area contributed by atoms with E-state index in [2.05, 4.69) is 66.5 Å². The van der Waals surface area contributed by atoms with E-state index in [1.54, 1.807) is 0 Å². The predicted molar refractivity (Wildman–Crippen MR) is 288 cm³/mol. The van der Waals surface area contributed by atoms with Crippen molar-refractivity contribution in [2.24, 2.45) is 11.8 Å². The number of aliphatic hydroxyl groups excluding tert-OH is 2. The van der Waals surface area contributed by atoms with Gasteiger partial charge in [-0.3, -0.25) is 14.5 Å². The van der Waals surface area contributed by atoms with Crippen molar-refractivity contribution in [3.63, 3.8) is 0 Å². The minimum atomic E-state index is -1.14. The molecule has 2 saturated heterocycles. The maximum Gasteiger partial charge on any atom is 1.00 e. The third kappa shape index (κ3) is 23.1. The summed E-state index contributed by atoms with van der Waals surface area (Å²) in [5, 5.41) is 29.0. The van der Waals surface area contributed by atoms with Crippen molar-refractivity contribution < 1.29 is 118 Å². The monoisotopic (exact) mass is 1270 g/mol. The zero-order valence-corrected chi connectivity index (χ0v) is 52.1. The van der Waals surface area contributed by atoms with Crippen LogP contribution in [0, 0.1) is 11.8 Å². The van der Waals surface area contributed by atoms with Crippen LogP contribution in [0.1, 0.15) is 103 Å². The predicted octanol–water partition coefficient (Wildman–Crippen LogP) is 3.24. The second-order valence-corrected chi connectivity index (χ2v) is 24.4. The van der Waals surface area contributed by atoms with Crippen LogP contribution in [-0.4, -0.2) is 91.6 Å². The number of hydrogen-bond donors (Lipinski definition) is 2. The van der Waals surface area contributed by atoms with Gasteiger partial charge in [-0.1, -0.05) is 167 Å². The molecule has 4 fully saturated rings. The average molecular weight is 1270 g/mol. The van der Waals surface area contributed by atoms with Gasteiger partial charge in [0.05, 0.1) is 36.9 Å². The minimum Gasteiger partial charge on any atom is -1.00 e. The Bertz CT molecular complexity index is 2210. The quantitative estimate of drug-likeness (QED) is 0.0318. The molecule has 390 valence electrons. The first-order chi connectivity index (χ1) is 34.1. The zero-order valence-electron chi connectivity index (χ0n) is 43.9. The Labute approximate surface area is 507 Å². The van der Waals surface area contributed by atoms with E-state index in [9.17, 15) is 24.0 Å². The number of carbonyl (C=O) groups is 3. The number of rotatable bonds is 16. The Morgan fingerprint density at radius 3 is 1.41 bits per heavy atom. The number of nitrogens with zero attached hydrogens (tertiary/aromatic N) is 2. The molecular weight excluding hydrogens is 1200 g/mol. The van der Waals surface area contributed by atoms with Gasteiger partial charge in [-0.2, -0.15) is 0 Å². The van der Waals surface area contributed by atoms with Gasteiger partial charge >= 0.3 is 71.2 Å². The van der Waals surface area contributed by atoms with E-state index in [4.69, 9.17) is 29.0 Å². The number of esters is 1. The average Bonchev–Trinajstić information content (AvgIpc) is 4.33. The fourth-order valence-electron chi connectivity index (χ4n) is 8.48. The van der Waals surface area contributed by atoms with Gasteiger partial charge in [0.15, 0.2) is 12.6 Å². The molecule has 0 bridgehead atoms. The second-order valence-electron chi connectivity index (χ2n) is 19.0. The van der Waals surface area contributed by atoms with Crippen LogP contribution in [0.4, 0.5) is 4.79 Å². The summed E-state index contributed by atoms with van der Waals surface area (Å²) in [7, 11) is -1.14. The molecule has 19 heteroatoms. The standard InChI is InChI=1S/C24H28INO4.C20H30INO3S.C9H10O2.CH2O3.2Na.H/c25-20-13-14-21(30-23(20)27)22(19-11-12-19)26(15-17-7-3-1-4-8-17)24(28)29-16-18-9-5-2-6-10-18;1-20(2,3)26(24)22(13-14-7-5-4-6-8-14)18(15-9-10-15)17-12-11-16(21)19(23)25-17;1-8(10)11-7-9-5-3-2-4-6-9;2-1-4-3;;;/h1-10,19-23,27H,11-16H2;4-8,15-19,23H,9-13H2,1-3H3;2-6H,7H2,1H3;1,3H;;;/q;;;;2*+1;-1/p-1/t20?,21-,22-,23?;16?,17-,18-,19?,26-;;;;;/m00...../s1. The van der Waals surface area contributed by atoms with Crippen LogP contribution in [0.15, 0.2) is 121 Å². The van der Waals surface area contributed by atoms with Crippen LogP contribution in [0.25, 0.3) is 0 Å². The SMILES string of the molecule is CC(=O)OCc1ccccc1.CC(C)(C)[S@](=O)N(Cc1ccccc1)[C@@H](C1CC1)[C@@H]1CCC(I)C(O)O1.O=C(OCc1ccccc1)N(Cc1ccccc1)[C@@H](C1CC1)[C@@H]1CCC(I)C(O)O1.O=CO[O-].[H-].[Na+].[Na+]. The maximum absolute atomic E-state index is 13.4. The molecule has 2 heterocycles. The summed E-state index contributed by atoms with van der Waals surface area (Å²) in [6.07, 6.45) is 5.96. The summed E-state index contributed by atoms with van der Waals surface area (Å²) < 4.78 is 38.0. The summed E-state index contributed by atoms with van der Waals surface area (Å²) >= 11 is 4.50. The molecule has 4 aliphatic rings. The number of alkyl halides is 2. The van der Waals surface area contributed by atoms with Gasteiger partial charge in [0.2, 0.25) is 0 Å². The Balaban J connectivity index is 0.000000388. The summed E-state index contributed by atoms with van der Waals surface area (Å²) in [5.41, 5.74) is 4.20. The molecule has 2 N–H and O–H groups in total. The molecule has 0 radical (unpaired) electrons. The molecule has 0 spiro atoms. The normalized spacial score (nSPS) is 22.4. The third-order valence-electron chi connectivity index (χ3n) is 12.2. The molecule has 1 amide bonds. The van der Waals surface area contributed by atoms with Crippen LogP contribution in [-0.2, 0) is 70.7 Å². The topological polar surface area (TPSA) is 184 Å². The smallest absolute Gasteiger partial charge is 1.00 e. The molecule has 2 saturated carbocycles. The van der Waals surface area contributed by atoms with E-state index in [1.165, 1.54) is 12.5 Å². The van der Waals surface area contributed by atoms with Crippen LogP contribution in [0.5, 0.6) is 0 Å². The number of aliphatic hydroxyl groups is 2. The molecule has 14 nitrogen and oxygen atoms in total. The molecule has 73 heavy (non-hydrogen) atoms. The molecule has 4 aromatic carbocycles. The first-order valence-corrected chi connectivity index (χ1v) is 27.8. The molecule has 2 aliphatic heterocycles. The Morgan fingerprint density at radius 1 is 0.671 bits per heavy atom. The van der Waals surface area contributed by atoms with Gasteiger partial charge in [-0.25, -0.2) is 13.3 Å². The number of ether oxygens (including phenoxy) is 4. The van der Waals surface area contributed by atoms with Crippen LogP contribution in [0.2, 0.25) is 0 Å². The van der Waals surface area contributed by atoms with Crippen molar-refractivity contribution in [2.75, 3.05) is 0 Å². The van der Waals surface area contributed by atoms with Crippen molar-refractivity contribution in [3.8, 4) is 0 Å². The Kier molecular flexibility index (Phi) is 30.9. The van der Waals surface area contributed by atoms with Crippen molar-refractivity contribution in [2.45, 2.75) is 155 Å². The number of hydrogen-bond acceptors (Lipinski definition) is 12. The van der Waals surface area contributed by atoms with E-state index < -0.39 is 23.6 Å². The van der Waals surface area contributed by atoms with Crippen LogP contribution in [0.3, 0.4) is 0 Å². The molecule has 4 aromatic rings. The first-order valence-electron chi connectivity index (χ1n) is 24.2. The molecule has 2 aliphatic carbocycles. The van der Waals surface area contributed by atoms with Gasteiger partial charge in [0.25, 0.3) is 6.47 Å². The Morgan fingerprint density at radius 2 is 1.04 bits per heavy atom. The number of carbonyl (C=O) groups excluding carboxylic acids is 3. The van der Waals surface area contributed by atoms with Crippen molar-refractivity contribution in [1.29, 1.82) is 0 Å². The third-order valence-corrected chi connectivity index (χ3v) is 16.6. The molecule has 9 atom stereocenters. The van der Waals surface area contributed by atoms with Crippen molar-refractivity contribution in [1.82, 2.24) is 9.21 Å². The minimum absolute atomic E-state index is 0. The number of benzene rings is 4. The van der Waals surface area contributed by atoms with Crippen molar-refractivity contribution >= 4 is 74.7 Å². The summed E-state index contributed by atoms with van der Waals surface area (Å²) in [6.45, 7) is 9.05. The van der Waals surface area contributed by atoms with Gasteiger partial charge in [0, 0.05) is 20.0 Å². The summed E-state index contributed by atoms with van der Waals surface area (Å²) in [5.74, 6) is 0.655. The fraction of sp³-hybridized carbons (Fsp3) is 0.500. The van der Waals surface area contributed by atoms with E-state index in [0.29, 0.717) is 31.5 Å². The molecule has 0 aromatic heterocycles. The number of amides is 1. The molecule has 4 unspecified atom stereocenters. The van der Waals surface area contributed by atoms with Gasteiger partial charge in [-0.05, 0) is 106 Å². The molecule has 8 rings (SSSR count). The zero-order chi connectivity index (χ0) is 51.3. The van der Waals surface area contributed by atoms with Crippen molar-refractivity contribution in [3.05, 3.63) is 144 Å². The van der Waals surface area contributed by atoms with Gasteiger partial charge in [0.1, 0.15) is 24.2 Å². The van der Waals surface area contributed by atoms with Gasteiger partial charge in [-0.15, -0.1) is 0 Å².